The lowest BCUT2D eigenvalue weighted by Crippen LogP contribution is -2.37. The molecule has 0 saturated carbocycles. The molecule has 1 fully saturated rings. The van der Waals surface area contributed by atoms with Gasteiger partial charge in [-0.3, -0.25) is 4.99 Å². The Kier molecular flexibility index (Phi) is 6.34. The molecule has 20 heavy (non-hydrogen) atoms. The standard InChI is InChI=1S/C15H24N4O/c16-15(19-12-14-7-4-10-20-14)18-9-8-17-11-13-5-2-1-3-6-13/h1-3,5-6,14,17H,4,7-12H2,(H3,16,18,19). The summed E-state index contributed by atoms with van der Waals surface area (Å²) >= 11 is 0. The minimum atomic E-state index is 0.256. The highest BCUT2D eigenvalue weighted by atomic mass is 16.5. The van der Waals surface area contributed by atoms with E-state index in [9.17, 15) is 0 Å². The summed E-state index contributed by atoms with van der Waals surface area (Å²) in [6.07, 6.45) is 2.48. The summed E-state index contributed by atoms with van der Waals surface area (Å²) in [4.78, 5) is 4.29. The number of ether oxygens (including phenoxy) is 1. The lowest BCUT2D eigenvalue weighted by Gasteiger charge is -2.09. The molecule has 1 aliphatic rings. The highest BCUT2D eigenvalue weighted by Gasteiger charge is 2.14. The Balaban J connectivity index is 1.52. The van der Waals surface area contributed by atoms with Crippen molar-refractivity contribution in [1.29, 1.82) is 0 Å². The number of hydrogen-bond acceptors (Lipinski definition) is 3. The van der Waals surface area contributed by atoms with Crippen molar-refractivity contribution >= 4 is 5.96 Å². The van der Waals surface area contributed by atoms with Gasteiger partial charge in [0.25, 0.3) is 0 Å². The molecule has 1 aliphatic heterocycles. The SMILES string of the molecule is NC(=NCC1CCCO1)NCCNCc1ccccc1. The molecule has 0 bridgehead atoms. The largest absolute Gasteiger partial charge is 0.376 e. The van der Waals surface area contributed by atoms with Gasteiger partial charge in [-0.2, -0.15) is 0 Å². The van der Waals surface area contributed by atoms with Gasteiger partial charge < -0.3 is 21.1 Å². The van der Waals surface area contributed by atoms with Crippen molar-refractivity contribution < 1.29 is 4.74 Å². The molecule has 0 spiro atoms. The fourth-order valence-electron chi connectivity index (χ4n) is 2.15. The molecule has 1 saturated heterocycles. The van der Waals surface area contributed by atoms with E-state index < -0.39 is 0 Å². The first-order valence-electron chi connectivity index (χ1n) is 7.24. The Bertz CT molecular complexity index is 402. The van der Waals surface area contributed by atoms with Crippen molar-refractivity contribution in [3.05, 3.63) is 35.9 Å². The number of rotatable bonds is 7. The van der Waals surface area contributed by atoms with E-state index >= 15 is 0 Å². The van der Waals surface area contributed by atoms with Crippen molar-refractivity contribution in [2.75, 3.05) is 26.2 Å². The molecule has 4 N–H and O–H groups in total. The molecule has 0 radical (unpaired) electrons. The number of nitrogens with zero attached hydrogens (tertiary/aromatic N) is 1. The molecule has 1 aromatic rings. The third-order valence-corrected chi connectivity index (χ3v) is 3.27. The van der Waals surface area contributed by atoms with E-state index in [1.807, 2.05) is 18.2 Å². The molecule has 110 valence electrons. The van der Waals surface area contributed by atoms with Gasteiger partial charge in [0.05, 0.1) is 12.6 Å². The Labute approximate surface area is 120 Å². The maximum atomic E-state index is 5.80. The topological polar surface area (TPSA) is 71.7 Å². The molecule has 0 aliphatic carbocycles. The minimum absolute atomic E-state index is 0.256. The monoisotopic (exact) mass is 276 g/mol. The average Bonchev–Trinajstić information content (AvgIpc) is 2.99. The molecule has 1 aromatic carbocycles. The lowest BCUT2D eigenvalue weighted by atomic mass is 10.2. The average molecular weight is 276 g/mol. The van der Waals surface area contributed by atoms with Crippen LogP contribution in [0.4, 0.5) is 0 Å². The zero-order chi connectivity index (χ0) is 14.0. The van der Waals surface area contributed by atoms with Crippen LogP contribution in [0.1, 0.15) is 18.4 Å². The van der Waals surface area contributed by atoms with Crippen LogP contribution in [-0.2, 0) is 11.3 Å². The molecule has 5 nitrogen and oxygen atoms in total. The molecule has 5 heteroatoms. The van der Waals surface area contributed by atoms with E-state index in [0.717, 1.165) is 39.1 Å². The van der Waals surface area contributed by atoms with Gasteiger partial charge in [0.1, 0.15) is 0 Å². The van der Waals surface area contributed by atoms with Crippen molar-refractivity contribution in [1.82, 2.24) is 10.6 Å². The smallest absolute Gasteiger partial charge is 0.188 e. The molecular weight excluding hydrogens is 252 g/mol. The quantitative estimate of drug-likeness (QED) is 0.392. The van der Waals surface area contributed by atoms with Crippen LogP contribution in [0.15, 0.2) is 35.3 Å². The molecule has 1 heterocycles. The predicted octanol–water partition coefficient (Wildman–Crippen LogP) is 0.860. The first kappa shape index (κ1) is 14.8. The number of nitrogens with two attached hydrogens (primary N) is 1. The normalized spacial score (nSPS) is 19.2. The zero-order valence-corrected chi connectivity index (χ0v) is 11.8. The number of hydrogen-bond donors (Lipinski definition) is 3. The molecule has 1 unspecified atom stereocenters. The third-order valence-electron chi connectivity index (χ3n) is 3.27. The van der Waals surface area contributed by atoms with Gasteiger partial charge in [-0.25, -0.2) is 0 Å². The van der Waals surface area contributed by atoms with Crippen LogP contribution in [0.2, 0.25) is 0 Å². The van der Waals surface area contributed by atoms with Crippen LogP contribution in [0.5, 0.6) is 0 Å². The fraction of sp³-hybridized carbons (Fsp3) is 0.533. The second kappa shape index (κ2) is 8.55. The molecule has 2 rings (SSSR count). The summed E-state index contributed by atoms with van der Waals surface area (Å²) in [6, 6.07) is 10.3. The zero-order valence-electron chi connectivity index (χ0n) is 11.8. The minimum Gasteiger partial charge on any atom is -0.376 e. The first-order chi connectivity index (χ1) is 9.84. The van der Waals surface area contributed by atoms with Crippen LogP contribution in [0, 0.1) is 0 Å². The Hall–Kier alpha value is -1.59. The van der Waals surface area contributed by atoms with Crippen LogP contribution in [-0.4, -0.2) is 38.3 Å². The Morgan fingerprint density at radius 1 is 1.30 bits per heavy atom. The third kappa shape index (κ3) is 5.59. The first-order valence-corrected chi connectivity index (χ1v) is 7.24. The maximum absolute atomic E-state index is 5.80. The van der Waals surface area contributed by atoms with Crippen molar-refractivity contribution in [2.24, 2.45) is 10.7 Å². The van der Waals surface area contributed by atoms with Gasteiger partial charge in [-0.1, -0.05) is 30.3 Å². The van der Waals surface area contributed by atoms with Crippen LogP contribution in [0.3, 0.4) is 0 Å². The second-order valence-electron chi connectivity index (χ2n) is 4.95. The van der Waals surface area contributed by atoms with Gasteiger partial charge >= 0.3 is 0 Å². The summed E-state index contributed by atoms with van der Waals surface area (Å²) < 4.78 is 5.49. The molecule has 1 atom stereocenters. The lowest BCUT2D eigenvalue weighted by molar-refractivity contribution is 0.118. The van der Waals surface area contributed by atoms with Gasteiger partial charge in [0, 0.05) is 26.2 Å². The van der Waals surface area contributed by atoms with E-state index in [1.165, 1.54) is 5.56 Å². The fourth-order valence-corrected chi connectivity index (χ4v) is 2.15. The molecular formula is C15H24N4O. The van der Waals surface area contributed by atoms with E-state index in [1.54, 1.807) is 0 Å². The van der Waals surface area contributed by atoms with E-state index in [4.69, 9.17) is 10.5 Å². The number of aliphatic imine (C=N–C) groups is 1. The van der Waals surface area contributed by atoms with E-state index in [-0.39, 0.29) is 6.10 Å². The van der Waals surface area contributed by atoms with Crippen LogP contribution < -0.4 is 16.4 Å². The number of benzene rings is 1. The van der Waals surface area contributed by atoms with Gasteiger partial charge in [-0.15, -0.1) is 0 Å². The van der Waals surface area contributed by atoms with E-state index in [0.29, 0.717) is 12.5 Å². The number of guanidine groups is 1. The van der Waals surface area contributed by atoms with Crippen molar-refractivity contribution in [2.45, 2.75) is 25.5 Å². The van der Waals surface area contributed by atoms with Crippen molar-refractivity contribution in [3.63, 3.8) is 0 Å². The molecule has 0 amide bonds. The summed E-state index contributed by atoms with van der Waals surface area (Å²) in [5.74, 6) is 0.502. The summed E-state index contributed by atoms with van der Waals surface area (Å²) in [5.41, 5.74) is 7.09. The summed E-state index contributed by atoms with van der Waals surface area (Å²) in [6.45, 7) is 4.02. The molecule has 0 aromatic heterocycles. The second-order valence-corrected chi connectivity index (χ2v) is 4.95. The summed E-state index contributed by atoms with van der Waals surface area (Å²) in [5, 5.41) is 6.46. The Morgan fingerprint density at radius 3 is 2.90 bits per heavy atom. The van der Waals surface area contributed by atoms with Gasteiger partial charge in [0.2, 0.25) is 0 Å². The predicted molar refractivity (Wildman–Crippen MR) is 81.6 cm³/mol. The van der Waals surface area contributed by atoms with E-state index in [2.05, 4.69) is 27.8 Å². The summed E-state index contributed by atoms with van der Waals surface area (Å²) in [7, 11) is 0. The van der Waals surface area contributed by atoms with Gasteiger partial charge in [-0.05, 0) is 18.4 Å². The maximum Gasteiger partial charge on any atom is 0.188 e. The van der Waals surface area contributed by atoms with Crippen molar-refractivity contribution in [3.8, 4) is 0 Å². The Morgan fingerprint density at radius 2 is 2.15 bits per heavy atom. The van der Waals surface area contributed by atoms with Crippen LogP contribution >= 0.6 is 0 Å². The highest BCUT2D eigenvalue weighted by molar-refractivity contribution is 5.77. The van der Waals surface area contributed by atoms with Gasteiger partial charge in [0.15, 0.2) is 5.96 Å². The van der Waals surface area contributed by atoms with Crippen LogP contribution in [0.25, 0.3) is 0 Å². The number of nitrogens with one attached hydrogen (secondary N) is 2. The highest BCUT2D eigenvalue weighted by Crippen LogP contribution is 2.11.